The Hall–Kier alpha value is -2.25. The molecular weight excluding hydrogens is 361 g/mol. The molecule has 8 heteroatoms. The predicted molar refractivity (Wildman–Crippen MR) is 91.4 cm³/mol. The molecule has 2 amide bonds. The van der Waals surface area contributed by atoms with Crippen LogP contribution < -0.4 is 4.90 Å². The Labute approximate surface area is 155 Å². The highest BCUT2D eigenvalue weighted by Gasteiger charge is 2.69. The average molecular weight is 382 g/mol. The summed E-state index contributed by atoms with van der Waals surface area (Å²) in [6.45, 7) is 5.99. The van der Waals surface area contributed by atoms with Crippen LogP contribution in [0.15, 0.2) is 24.3 Å². The van der Waals surface area contributed by atoms with Gasteiger partial charge in [0.05, 0.1) is 0 Å². The van der Waals surface area contributed by atoms with E-state index in [-0.39, 0.29) is 12.5 Å². The largest absolute Gasteiger partial charge is 0.471 e. The Kier molecular flexibility index (Phi) is 3.62. The van der Waals surface area contributed by atoms with Crippen LogP contribution in [0.1, 0.15) is 32.8 Å². The molecule has 1 aromatic carbocycles. The summed E-state index contributed by atoms with van der Waals surface area (Å²) >= 11 is 0. The van der Waals surface area contributed by atoms with Crippen molar-refractivity contribution in [2.24, 2.45) is 5.92 Å². The number of ether oxygens (including phenoxy) is 1. The van der Waals surface area contributed by atoms with Crippen LogP contribution in [-0.2, 0) is 14.9 Å². The molecule has 5 nitrogen and oxygen atoms in total. The first-order valence-corrected chi connectivity index (χ1v) is 8.93. The molecule has 0 bridgehead atoms. The van der Waals surface area contributed by atoms with E-state index < -0.39 is 35.2 Å². The third-order valence-electron chi connectivity index (χ3n) is 5.81. The third-order valence-corrected chi connectivity index (χ3v) is 5.81. The van der Waals surface area contributed by atoms with E-state index in [2.05, 4.69) is 0 Å². The van der Waals surface area contributed by atoms with Crippen molar-refractivity contribution in [3.05, 3.63) is 29.8 Å². The maximum Gasteiger partial charge on any atom is 0.471 e. The number of fused-ring (bicyclic) bond motifs is 1. The molecule has 1 aromatic rings. The lowest BCUT2D eigenvalue weighted by Gasteiger charge is -2.49. The van der Waals surface area contributed by atoms with Gasteiger partial charge < -0.3 is 14.5 Å². The second-order valence-electron chi connectivity index (χ2n) is 8.54. The Bertz CT molecular complexity index is 817. The first-order chi connectivity index (χ1) is 12.4. The molecular formula is C19H21F3N2O3. The zero-order valence-electron chi connectivity index (χ0n) is 15.3. The van der Waals surface area contributed by atoms with Crippen LogP contribution in [0.2, 0.25) is 0 Å². The van der Waals surface area contributed by atoms with Crippen LogP contribution in [0.3, 0.4) is 0 Å². The summed E-state index contributed by atoms with van der Waals surface area (Å²) in [6.07, 6.45) is -4.97. The number of rotatable bonds is 0. The molecule has 2 heterocycles. The minimum atomic E-state index is -4.94. The molecule has 0 aromatic heterocycles. The second kappa shape index (κ2) is 5.39. The van der Waals surface area contributed by atoms with E-state index in [0.717, 1.165) is 10.5 Å². The van der Waals surface area contributed by atoms with Gasteiger partial charge in [-0.05, 0) is 44.7 Å². The minimum Gasteiger partial charge on any atom is -0.444 e. The number of likely N-dealkylation sites (tertiary alicyclic amines) is 1. The van der Waals surface area contributed by atoms with Gasteiger partial charge in [0.2, 0.25) is 0 Å². The smallest absolute Gasteiger partial charge is 0.444 e. The van der Waals surface area contributed by atoms with Gasteiger partial charge in [-0.25, -0.2) is 4.79 Å². The Morgan fingerprint density at radius 1 is 1.19 bits per heavy atom. The van der Waals surface area contributed by atoms with Gasteiger partial charge in [-0.3, -0.25) is 4.79 Å². The van der Waals surface area contributed by atoms with Crippen molar-refractivity contribution in [2.75, 3.05) is 18.0 Å². The molecule has 2 fully saturated rings. The molecule has 1 spiro atoms. The maximum absolute atomic E-state index is 13.2. The zero-order chi connectivity index (χ0) is 19.8. The molecule has 2 aliphatic heterocycles. The molecule has 27 heavy (non-hydrogen) atoms. The van der Waals surface area contributed by atoms with Crippen LogP contribution in [0.5, 0.6) is 0 Å². The number of hydrogen-bond acceptors (Lipinski definition) is 3. The van der Waals surface area contributed by atoms with Gasteiger partial charge in [0, 0.05) is 30.2 Å². The summed E-state index contributed by atoms with van der Waals surface area (Å²) in [5.74, 6) is -1.83. The van der Waals surface area contributed by atoms with Gasteiger partial charge in [-0.1, -0.05) is 18.2 Å². The first kappa shape index (κ1) is 18.1. The van der Waals surface area contributed by atoms with Crippen LogP contribution in [-0.4, -0.2) is 47.8 Å². The number of hydrogen-bond donors (Lipinski definition) is 0. The fraction of sp³-hybridized carbons (Fsp3) is 0.579. The van der Waals surface area contributed by atoms with Crippen molar-refractivity contribution in [3.63, 3.8) is 0 Å². The van der Waals surface area contributed by atoms with Crippen molar-refractivity contribution >= 4 is 17.7 Å². The number of amides is 2. The maximum atomic E-state index is 13.2. The summed E-state index contributed by atoms with van der Waals surface area (Å²) in [7, 11) is 0. The standard InChI is InChI=1S/C19H21F3N2O3/c1-17(2,3)27-16(26)23-9-11-8-14-18(11,10-23)12-6-4-5-7-13(12)24(14)15(25)19(20,21)22/h4-7,11,14H,8-10H2,1-3H3/t11-,14+,18+/m0/s1. The van der Waals surface area contributed by atoms with Crippen molar-refractivity contribution in [1.82, 2.24) is 4.90 Å². The predicted octanol–water partition coefficient (Wildman–Crippen LogP) is 3.47. The summed E-state index contributed by atoms with van der Waals surface area (Å²) in [4.78, 5) is 27.1. The number of carbonyl (C=O) groups excluding carboxylic acids is 2. The van der Waals surface area contributed by atoms with Crippen molar-refractivity contribution in [2.45, 2.75) is 50.4 Å². The Balaban J connectivity index is 1.69. The first-order valence-electron chi connectivity index (χ1n) is 8.93. The van der Waals surface area contributed by atoms with E-state index in [1.165, 1.54) is 0 Å². The number of carbonyl (C=O) groups is 2. The topological polar surface area (TPSA) is 49.9 Å². The fourth-order valence-corrected chi connectivity index (χ4v) is 4.84. The Morgan fingerprint density at radius 2 is 1.85 bits per heavy atom. The van der Waals surface area contributed by atoms with E-state index in [1.54, 1.807) is 49.9 Å². The van der Waals surface area contributed by atoms with Gasteiger partial charge in [-0.2, -0.15) is 13.2 Å². The van der Waals surface area contributed by atoms with Gasteiger partial charge >= 0.3 is 18.2 Å². The van der Waals surface area contributed by atoms with E-state index in [9.17, 15) is 22.8 Å². The van der Waals surface area contributed by atoms with Crippen molar-refractivity contribution in [3.8, 4) is 0 Å². The lowest BCUT2D eigenvalue weighted by molar-refractivity contribution is -0.171. The van der Waals surface area contributed by atoms with E-state index in [1.807, 2.05) is 0 Å². The Morgan fingerprint density at radius 3 is 2.48 bits per heavy atom. The van der Waals surface area contributed by atoms with E-state index in [4.69, 9.17) is 4.74 Å². The number of alkyl halides is 3. The highest BCUT2D eigenvalue weighted by Crippen LogP contribution is 2.63. The molecule has 1 saturated heterocycles. The lowest BCUT2D eigenvalue weighted by atomic mass is 9.56. The highest BCUT2D eigenvalue weighted by molar-refractivity contribution is 6.01. The highest BCUT2D eigenvalue weighted by atomic mass is 19.4. The van der Waals surface area contributed by atoms with Gasteiger partial charge in [0.15, 0.2) is 0 Å². The number of benzene rings is 1. The summed E-state index contributed by atoms with van der Waals surface area (Å²) in [5.41, 5.74) is -0.274. The normalized spacial score (nSPS) is 29.0. The van der Waals surface area contributed by atoms with Crippen LogP contribution in [0.25, 0.3) is 0 Å². The molecule has 0 radical (unpaired) electrons. The van der Waals surface area contributed by atoms with E-state index >= 15 is 0 Å². The molecule has 3 atom stereocenters. The summed E-state index contributed by atoms with van der Waals surface area (Å²) in [5, 5.41) is 0. The molecule has 146 valence electrons. The van der Waals surface area contributed by atoms with Crippen LogP contribution >= 0.6 is 0 Å². The molecule has 3 aliphatic rings. The number of nitrogens with zero attached hydrogens (tertiary/aromatic N) is 2. The lowest BCUT2D eigenvalue weighted by Crippen LogP contribution is -2.62. The fourth-order valence-electron chi connectivity index (χ4n) is 4.84. The minimum absolute atomic E-state index is 0.0159. The molecule has 0 N–H and O–H groups in total. The third kappa shape index (κ3) is 2.52. The van der Waals surface area contributed by atoms with Gasteiger partial charge in [-0.15, -0.1) is 0 Å². The quantitative estimate of drug-likeness (QED) is 0.690. The van der Waals surface area contributed by atoms with Crippen molar-refractivity contribution < 1.29 is 27.5 Å². The SMILES string of the molecule is CC(C)(C)OC(=O)N1C[C@@H]2C[C@H]3N(C(=O)C(F)(F)F)c4ccccc4[C@@]23C1. The van der Waals surface area contributed by atoms with Crippen molar-refractivity contribution in [1.29, 1.82) is 0 Å². The molecule has 1 aliphatic carbocycles. The van der Waals surface area contributed by atoms with Gasteiger partial charge in [0.1, 0.15) is 5.60 Å². The molecule has 0 unspecified atom stereocenters. The molecule has 1 saturated carbocycles. The summed E-state index contributed by atoms with van der Waals surface area (Å²) < 4.78 is 45.0. The molecule has 4 rings (SSSR count). The van der Waals surface area contributed by atoms with Crippen LogP contribution in [0, 0.1) is 5.92 Å². The second-order valence-corrected chi connectivity index (χ2v) is 8.54. The van der Waals surface area contributed by atoms with Gasteiger partial charge in [0.25, 0.3) is 0 Å². The number of anilines is 1. The van der Waals surface area contributed by atoms with Crippen LogP contribution in [0.4, 0.5) is 23.7 Å². The monoisotopic (exact) mass is 382 g/mol. The number of para-hydroxylation sites is 1. The summed E-state index contributed by atoms with van der Waals surface area (Å²) in [6, 6.07) is 6.14. The van der Waals surface area contributed by atoms with E-state index in [0.29, 0.717) is 18.7 Å². The zero-order valence-corrected chi connectivity index (χ0v) is 15.3. The average Bonchev–Trinajstić information content (AvgIpc) is 2.94. The number of halogens is 3.